The van der Waals surface area contributed by atoms with Crippen LogP contribution >= 0.6 is 39.3 Å². The summed E-state index contributed by atoms with van der Waals surface area (Å²) in [6.45, 7) is 28.0. The number of hydrogen-bond acceptors (Lipinski definition) is 4. The Morgan fingerprint density at radius 3 is 1.95 bits per heavy atom. The van der Waals surface area contributed by atoms with Crippen molar-refractivity contribution in [3.8, 4) is 5.75 Å². The summed E-state index contributed by atoms with van der Waals surface area (Å²) in [6.07, 6.45) is 8.70. The van der Waals surface area contributed by atoms with Crippen molar-refractivity contribution in [1.29, 1.82) is 0 Å². The molecule has 2 N–H and O–H groups in total. The maximum Gasteiger partial charge on any atom is 0.264 e. The Morgan fingerprint density at radius 1 is 0.955 bits per heavy atom. The molecule has 0 aliphatic heterocycles. The Labute approximate surface area is 287 Å². The molecule has 0 aliphatic rings. The molecule has 1 rings (SSSR count). The van der Waals surface area contributed by atoms with Crippen LogP contribution in [0.2, 0.25) is 0 Å². The van der Waals surface area contributed by atoms with E-state index in [9.17, 15) is 9.59 Å². The van der Waals surface area contributed by atoms with Gasteiger partial charge in [0.1, 0.15) is 5.75 Å². The number of thioether (sulfide) groups is 1. The van der Waals surface area contributed by atoms with Crippen molar-refractivity contribution in [3.63, 3.8) is 0 Å². The highest BCUT2D eigenvalue weighted by molar-refractivity contribution is 9.10. The molecule has 0 radical (unpaired) electrons. The maximum absolute atomic E-state index is 12.5. The van der Waals surface area contributed by atoms with Gasteiger partial charge in [0.15, 0.2) is 5.60 Å². The summed E-state index contributed by atoms with van der Waals surface area (Å²) in [6, 6.07) is 7.55. The topological polar surface area (TPSA) is 67.4 Å². The summed E-state index contributed by atoms with van der Waals surface area (Å²) in [5, 5.41) is 6.41. The lowest BCUT2D eigenvalue weighted by Gasteiger charge is -2.33. The van der Waals surface area contributed by atoms with Gasteiger partial charge in [0.25, 0.3) is 5.91 Å². The van der Waals surface area contributed by atoms with Crippen molar-refractivity contribution in [2.24, 2.45) is 23.7 Å². The second kappa shape index (κ2) is 25.5. The number of nitrogens with one attached hydrogen (secondary N) is 2. The SMILES string of the molecule is C=C(Cl)/C=C\C(=C/C)SCC(=O)NCCCC(C)C.CC(C)C.CC(C)CCNC(=O)C(C)(Oc1ccc(Br)cc1)C(C)C. The van der Waals surface area contributed by atoms with Crippen molar-refractivity contribution in [1.82, 2.24) is 10.6 Å². The Bertz CT molecular complexity index is 1000. The molecule has 1 aromatic carbocycles. The van der Waals surface area contributed by atoms with Crippen molar-refractivity contribution >= 4 is 51.1 Å². The van der Waals surface area contributed by atoms with E-state index in [-0.39, 0.29) is 17.7 Å². The summed E-state index contributed by atoms with van der Waals surface area (Å²) in [4.78, 5) is 25.1. The first kappa shape index (κ1) is 44.4. The van der Waals surface area contributed by atoms with E-state index in [1.165, 1.54) is 11.8 Å². The third kappa shape index (κ3) is 24.6. The zero-order chi connectivity index (χ0) is 34.3. The lowest BCUT2D eigenvalue weighted by molar-refractivity contribution is -0.139. The van der Waals surface area contributed by atoms with Crippen LogP contribution in [-0.2, 0) is 9.59 Å². The third-order valence-electron chi connectivity index (χ3n) is 6.07. The number of amides is 2. The van der Waals surface area contributed by atoms with Gasteiger partial charge in [-0.05, 0) is 87.3 Å². The van der Waals surface area contributed by atoms with E-state index in [0.29, 0.717) is 34.9 Å². The second-order valence-corrected chi connectivity index (χ2v) is 15.1. The predicted molar refractivity (Wildman–Crippen MR) is 198 cm³/mol. The average molecular weight is 716 g/mol. The van der Waals surface area contributed by atoms with Crippen LogP contribution in [0.1, 0.15) is 95.4 Å². The van der Waals surface area contributed by atoms with Gasteiger partial charge in [-0.25, -0.2) is 0 Å². The van der Waals surface area contributed by atoms with Gasteiger partial charge in [-0.2, -0.15) is 0 Å². The van der Waals surface area contributed by atoms with Crippen LogP contribution < -0.4 is 15.4 Å². The molecule has 0 saturated carbocycles. The third-order valence-corrected chi connectivity index (χ3v) is 7.83. The highest BCUT2D eigenvalue weighted by atomic mass is 79.9. The van der Waals surface area contributed by atoms with Gasteiger partial charge < -0.3 is 15.4 Å². The lowest BCUT2D eigenvalue weighted by Crippen LogP contribution is -2.52. The molecule has 0 spiro atoms. The van der Waals surface area contributed by atoms with Crippen LogP contribution in [0.3, 0.4) is 0 Å². The predicted octanol–water partition coefficient (Wildman–Crippen LogP) is 10.6. The number of allylic oxidation sites excluding steroid dienone is 4. The minimum atomic E-state index is -0.870. The maximum atomic E-state index is 12.5. The van der Waals surface area contributed by atoms with Crippen molar-refractivity contribution in [2.45, 2.75) is 101 Å². The number of carbonyl (C=O) groups excluding carboxylic acids is 2. The first-order valence-electron chi connectivity index (χ1n) is 15.8. The highest BCUT2D eigenvalue weighted by Crippen LogP contribution is 2.27. The monoisotopic (exact) mass is 714 g/mol. The van der Waals surface area contributed by atoms with Crippen LogP contribution in [0.5, 0.6) is 5.75 Å². The molecule has 252 valence electrons. The molecule has 1 aromatic rings. The molecule has 5 nitrogen and oxygen atoms in total. The standard InChI is InChI=1S/C17H26BrNO2.C15H24ClNOS.C4H10/c1-12(2)10-11-19-16(20)17(5,13(3)4)21-15-8-6-14(18)7-9-15;1-5-14(9-8-13(4)16)19-11-15(18)17-10-6-7-12(2)3;1-4(2)3/h6-9,12-13H,10-11H2,1-5H3,(H,19,20);5,8-9,12H,4,6-7,10-11H2,1-3H3,(H,17,18);4H,1-3H3/b;9-8-,14-5+;. The Kier molecular flexibility index (Phi) is 25.7. The van der Waals surface area contributed by atoms with E-state index in [1.54, 1.807) is 6.08 Å². The molecule has 44 heavy (non-hydrogen) atoms. The van der Waals surface area contributed by atoms with Gasteiger partial charge in [-0.1, -0.05) is 102 Å². The normalized spacial score (nSPS) is 12.8. The number of halogens is 2. The van der Waals surface area contributed by atoms with E-state index in [0.717, 1.165) is 41.1 Å². The Balaban J connectivity index is 0. The quantitative estimate of drug-likeness (QED) is 0.132. The second-order valence-electron chi connectivity index (χ2n) is 12.6. The molecule has 1 atom stereocenters. The first-order valence-corrected chi connectivity index (χ1v) is 17.9. The van der Waals surface area contributed by atoms with Crippen LogP contribution in [-0.4, -0.2) is 36.3 Å². The average Bonchev–Trinajstić information content (AvgIpc) is 2.91. The lowest BCUT2D eigenvalue weighted by atomic mass is 9.91. The molecular formula is C36H60BrClN2O3S. The molecular weight excluding hydrogens is 656 g/mol. The van der Waals surface area contributed by atoms with E-state index in [1.807, 2.05) is 64.1 Å². The number of hydrogen-bond donors (Lipinski definition) is 2. The van der Waals surface area contributed by atoms with Crippen molar-refractivity contribution < 1.29 is 14.3 Å². The van der Waals surface area contributed by atoms with Crippen LogP contribution in [0.15, 0.2) is 63.5 Å². The van der Waals surface area contributed by atoms with Gasteiger partial charge in [-0.3, -0.25) is 9.59 Å². The molecule has 8 heteroatoms. The summed E-state index contributed by atoms with van der Waals surface area (Å²) in [5.41, 5.74) is -0.870. The molecule has 2 amide bonds. The van der Waals surface area contributed by atoms with E-state index in [2.05, 4.69) is 81.6 Å². The van der Waals surface area contributed by atoms with Crippen molar-refractivity contribution in [3.05, 3.63) is 63.5 Å². The fourth-order valence-corrected chi connectivity index (χ4v) is 4.22. The van der Waals surface area contributed by atoms with Crippen LogP contribution in [0, 0.1) is 23.7 Å². The van der Waals surface area contributed by atoms with Gasteiger partial charge in [0, 0.05) is 33.4 Å². The smallest absolute Gasteiger partial charge is 0.264 e. The van der Waals surface area contributed by atoms with E-state index < -0.39 is 5.60 Å². The van der Waals surface area contributed by atoms with Crippen LogP contribution in [0.4, 0.5) is 0 Å². The molecule has 0 heterocycles. The van der Waals surface area contributed by atoms with Gasteiger partial charge in [0.05, 0.1) is 5.75 Å². The number of carbonyl (C=O) groups is 2. The minimum absolute atomic E-state index is 0.0546. The summed E-state index contributed by atoms with van der Waals surface area (Å²) in [5.74, 6) is 3.32. The number of benzene rings is 1. The zero-order valence-electron chi connectivity index (χ0n) is 29.2. The fraction of sp³-hybridized carbons (Fsp3) is 0.611. The molecule has 0 saturated heterocycles. The van der Waals surface area contributed by atoms with Gasteiger partial charge in [0.2, 0.25) is 5.91 Å². The summed E-state index contributed by atoms with van der Waals surface area (Å²) >= 11 is 10.5. The van der Waals surface area contributed by atoms with E-state index in [4.69, 9.17) is 16.3 Å². The van der Waals surface area contributed by atoms with Gasteiger partial charge in [-0.15, -0.1) is 11.8 Å². The largest absolute Gasteiger partial charge is 0.477 e. The Morgan fingerprint density at radius 2 is 1.50 bits per heavy atom. The summed E-state index contributed by atoms with van der Waals surface area (Å²) < 4.78 is 6.99. The molecule has 1 unspecified atom stereocenters. The fourth-order valence-electron chi connectivity index (χ4n) is 3.16. The number of rotatable bonds is 16. The van der Waals surface area contributed by atoms with Crippen molar-refractivity contribution in [2.75, 3.05) is 18.8 Å². The Hall–Kier alpha value is -1.70. The molecule has 0 aliphatic carbocycles. The molecule has 0 bridgehead atoms. The highest BCUT2D eigenvalue weighted by Gasteiger charge is 2.39. The number of ether oxygens (including phenoxy) is 1. The van der Waals surface area contributed by atoms with Crippen LogP contribution in [0.25, 0.3) is 0 Å². The molecule has 0 aromatic heterocycles. The summed E-state index contributed by atoms with van der Waals surface area (Å²) in [7, 11) is 0. The molecule has 0 fully saturated rings. The minimum Gasteiger partial charge on any atom is -0.477 e. The first-order chi connectivity index (χ1) is 20.4. The van der Waals surface area contributed by atoms with Gasteiger partial charge >= 0.3 is 0 Å². The zero-order valence-corrected chi connectivity index (χ0v) is 32.3. The van der Waals surface area contributed by atoms with E-state index >= 15 is 0 Å².